The van der Waals surface area contributed by atoms with E-state index in [9.17, 15) is 13.2 Å². The molecule has 1 atom stereocenters. The molecule has 2 aromatic heterocycles. The Balaban J connectivity index is 2.20. The number of rotatable bonds is 6. The number of aryl methyl sites for hydroxylation is 1. The van der Waals surface area contributed by atoms with Crippen LogP contribution in [0.25, 0.3) is 0 Å². The molecular formula is C10H13N5O4S. The highest BCUT2D eigenvalue weighted by molar-refractivity contribution is 7.89. The van der Waals surface area contributed by atoms with Crippen molar-refractivity contribution < 1.29 is 18.3 Å². The Kier molecular flexibility index (Phi) is 3.86. The van der Waals surface area contributed by atoms with E-state index < -0.39 is 22.0 Å². The maximum Gasteiger partial charge on any atom is 0.322 e. The maximum absolute atomic E-state index is 12.1. The third-order valence-corrected chi connectivity index (χ3v) is 4.17. The normalized spacial score (nSPS) is 13.2. The molecule has 0 saturated heterocycles. The lowest BCUT2D eigenvalue weighted by atomic mass is 10.2. The first kappa shape index (κ1) is 14.2. The van der Waals surface area contributed by atoms with Crippen LogP contribution in [0.3, 0.4) is 0 Å². The third-order valence-electron chi connectivity index (χ3n) is 2.63. The standard InChI is InChI=1S/C10H13N5O4S/c1-15-9(2-3-13-15)20(18,19)14-8(10(16)17)4-7-5-11-6-12-7/h2-3,5-6,8,14H,4H2,1H3,(H,11,12)(H,16,17)/t8-/m0/s1. The fourth-order valence-electron chi connectivity index (χ4n) is 1.67. The zero-order valence-electron chi connectivity index (χ0n) is 10.5. The van der Waals surface area contributed by atoms with Crippen molar-refractivity contribution in [1.29, 1.82) is 0 Å². The number of nitrogens with one attached hydrogen (secondary N) is 2. The number of aromatic nitrogens is 4. The van der Waals surface area contributed by atoms with Gasteiger partial charge in [-0.15, -0.1) is 0 Å². The summed E-state index contributed by atoms with van der Waals surface area (Å²) in [6.07, 6.45) is 4.11. The van der Waals surface area contributed by atoms with E-state index in [1.807, 2.05) is 0 Å². The number of aliphatic carboxylic acids is 1. The molecule has 3 N–H and O–H groups in total. The number of imidazole rings is 1. The molecular weight excluding hydrogens is 286 g/mol. The molecule has 0 aromatic carbocycles. The van der Waals surface area contributed by atoms with Crippen molar-refractivity contribution in [2.45, 2.75) is 17.5 Å². The summed E-state index contributed by atoms with van der Waals surface area (Å²) in [5.41, 5.74) is 0.519. The third kappa shape index (κ3) is 3.03. The number of H-pyrrole nitrogens is 1. The molecule has 0 spiro atoms. The van der Waals surface area contributed by atoms with Gasteiger partial charge in [0.1, 0.15) is 6.04 Å². The largest absolute Gasteiger partial charge is 0.480 e. The fourth-order valence-corrected chi connectivity index (χ4v) is 2.98. The number of nitrogens with zero attached hydrogens (tertiary/aromatic N) is 3. The average molecular weight is 299 g/mol. The number of hydrogen-bond donors (Lipinski definition) is 3. The lowest BCUT2D eigenvalue weighted by Crippen LogP contribution is -2.42. The summed E-state index contributed by atoms with van der Waals surface area (Å²) in [5.74, 6) is -1.27. The highest BCUT2D eigenvalue weighted by Crippen LogP contribution is 2.09. The summed E-state index contributed by atoms with van der Waals surface area (Å²) in [4.78, 5) is 17.7. The van der Waals surface area contributed by atoms with Crippen molar-refractivity contribution in [3.05, 3.63) is 30.5 Å². The summed E-state index contributed by atoms with van der Waals surface area (Å²) >= 11 is 0. The Hall–Kier alpha value is -2.20. The van der Waals surface area contributed by atoms with Crippen molar-refractivity contribution in [2.24, 2.45) is 7.05 Å². The van der Waals surface area contributed by atoms with E-state index >= 15 is 0 Å². The Morgan fingerprint density at radius 1 is 1.60 bits per heavy atom. The quantitative estimate of drug-likeness (QED) is 0.635. The van der Waals surface area contributed by atoms with Crippen LogP contribution < -0.4 is 4.72 Å². The number of sulfonamides is 1. The van der Waals surface area contributed by atoms with Gasteiger partial charge in [0.15, 0.2) is 5.03 Å². The summed E-state index contributed by atoms with van der Waals surface area (Å²) in [7, 11) is -2.50. The molecule has 0 aliphatic carbocycles. The summed E-state index contributed by atoms with van der Waals surface area (Å²) in [6, 6.07) is -0.00684. The van der Waals surface area contributed by atoms with Crippen LogP contribution in [0.15, 0.2) is 29.8 Å². The minimum absolute atomic E-state index is 0.0353. The highest BCUT2D eigenvalue weighted by atomic mass is 32.2. The van der Waals surface area contributed by atoms with Crippen LogP contribution in [0.5, 0.6) is 0 Å². The molecule has 2 heterocycles. The van der Waals surface area contributed by atoms with Gasteiger partial charge in [0, 0.05) is 25.4 Å². The summed E-state index contributed by atoms with van der Waals surface area (Å²) < 4.78 is 27.5. The molecule has 0 fully saturated rings. The number of carboxylic acid groups (broad SMARTS) is 1. The van der Waals surface area contributed by atoms with Crippen LogP contribution in [0.1, 0.15) is 5.69 Å². The van der Waals surface area contributed by atoms with Crippen molar-refractivity contribution in [1.82, 2.24) is 24.5 Å². The van der Waals surface area contributed by atoms with Gasteiger partial charge in [-0.1, -0.05) is 0 Å². The van der Waals surface area contributed by atoms with E-state index in [1.165, 1.54) is 31.8 Å². The zero-order valence-corrected chi connectivity index (χ0v) is 11.3. The maximum atomic E-state index is 12.1. The molecule has 0 bridgehead atoms. The number of aromatic amines is 1. The van der Waals surface area contributed by atoms with Crippen LogP contribution in [0.4, 0.5) is 0 Å². The van der Waals surface area contributed by atoms with Crippen LogP contribution in [-0.4, -0.2) is 45.3 Å². The fraction of sp³-hybridized carbons (Fsp3) is 0.300. The highest BCUT2D eigenvalue weighted by Gasteiger charge is 2.27. The monoisotopic (exact) mass is 299 g/mol. The van der Waals surface area contributed by atoms with Gasteiger partial charge in [-0.3, -0.25) is 9.48 Å². The molecule has 0 amide bonds. The lowest BCUT2D eigenvalue weighted by Gasteiger charge is -2.13. The number of hydrogen-bond acceptors (Lipinski definition) is 5. The van der Waals surface area contributed by atoms with E-state index in [0.29, 0.717) is 5.69 Å². The second-order valence-electron chi connectivity index (χ2n) is 4.09. The van der Waals surface area contributed by atoms with Crippen LogP contribution in [0.2, 0.25) is 0 Å². The topological polar surface area (TPSA) is 130 Å². The molecule has 0 saturated carbocycles. The average Bonchev–Trinajstić information content (AvgIpc) is 2.99. The molecule has 0 unspecified atom stereocenters. The van der Waals surface area contributed by atoms with Crippen LogP contribution >= 0.6 is 0 Å². The van der Waals surface area contributed by atoms with E-state index in [4.69, 9.17) is 5.11 Å². The van der Waals surface area contributed by atoms with Gasteiger partial charge < -0.3 is 10.1 Å². The first-order chi connectivity index (χ1) is 9.40. The minimum Gasteiger partial charge on any atom is -0.480 e. The smallest absolute Gasteiger partial charge is 0.322 e. The van der Waals surface area contributed by atoms with Crippen molar-refractivity contribution in [3.63, 3.8) is 0 Å². The SMILES string of the molecule is Cn1nccc1S(=O)(=O)N[C@@H](Cc1cnc[nH]1)C(=O)O. The van der Waals surface area contributed by atoms with Gasteiger partial charge in [0.25, 0.3) is 10.0 Å². The van der Waals surface area contributed by atoms with Crippen molar-refractivity contribution in [2.75, 3.05) is 0 Å². The van der Waals surface area contributed by atoms with Gasteiger partial charge >= 0.3 is 5.97 Å². The predicted molar refractivity (Wildman–Crippen MR) is 67.2 cm³/mol. The van der Waals surface area contributed by atoms with Gasteiger partial charge in [0.2, 0.25) is 0 Å². The number of carbonyl (C=O) groups is 1. The van der Waals surface area contributed by atoms with E-state index in [2.05, 4.69) is 19.8 Å². The van der Waals surface area contributed by atoms with Gasteiger partial charge in [-0.2, -0.15) is 9.82 Å². The first-order valence-electron chi connectivity index (χ1n) is 5.60. The molecule has 108 valence electrons. The molecule has 9 nitrogen and oxygen atoms in total. The van der Waals surface area contributed by atoms with Gasteiger partial charge in [-0.25, -0.2) is 13.4 Å². The van der Waals surface area contributed by atoms with Crippen molar-refractivity contribution >= 4 is 16.0 Å². The number of carboxylic acids is 1. The predicted octanol–water partition coefficient (Wildman–Crippen LogP) is -0.883. The summed E-state index contributed by atoms with van der Waals surface area (Å²) in [6.45, 7) is 0. The molecule has 20 heavy (non-hydrogen) atoms. The Labute approximate surface area is 114 Å². The molecule has 0 aliphatic rings. The van der Waals surface area contributed by atoms with Gasteiger partial charge in [0.05, 0.1) is 12.5 Å². The Morgan fingerprint density at radius 3 is 2.85 bits per heavy atom. The molecule has 0 aliphatic heterocycles. The van der Waals surface area contributed by atoms with Crippen LogP contribution in [-0.2, 0) is 28.3 Å². The molecule has 0 radical (unpaired) electrons. The minimum atomic E-state index is -3.96. The van der Waals surface area contributed by atoms with Crippen LogP contribution in [0, 0.1) is 0 Å². The van der Waals surface area contributed by atoms with E-state index in [1.54, 1.807) is 0 Å². The van der Waals surface area contributed by atoms with Crippen molar-refractivity contribution in [3.8, 4) is 0 Å². The first-order valence-corrected chi connectivity index (χ1v) is 7.09. The van der Waals surface area contributed by atoms with Gasteiger partial charge in [-0.05, 0) is 6.07 Å². The second kappa shape index (κ2) is 5.43. The molecule has 10 heteroatoms. The van der Waals surface area contributed by atoms with E-state index in [-0.39, 0.29) is 11.4 Å². The molecule has 2 rings (SSSR count). The second-order valence-corrected chi connectivity index (χ2v) is 5.75. The summed E-state index contributed by atoms with van der Waals surface area (Å²) in [5, 5.41) is 12.8. The Bertz CT molecular complexity index is 691. The Morgan fingerprint density at radius 2 is 2.35 bits per heavy atom. The molecule has 2 aromatic rings. The zero-order chi connectivity index (χ0) is 14.8. The van der Waals surface area contributed by atoms with E-state index in [0.717, 1.165) is 4.68 Å². The lowest BCUT2D eigenvalue weighted by molar-refractivity contribution is -0.138.